The minimum absolute atomic E-state index is 0.193. The predicted octanol–water partition coefficient (Wildman–Crippen LogP) is 1.69. The summed E-state index contributed by atoms with van der Waals surface area (Å²) in [5.41, 5.74) is -2.73. The Labute approximate surface area is 122 Å². The minimum atomic E-state index is -2.73. The summed E-state index contributed by atoms with van der Waals surface area (Å²) < 4.78 is 15.7. The lowest BCUT2D eigenvalue weighted by Crippen LogP contribution is -2.36. The van der Waals surface area contributed by atoms with Crippen LogP contribution in [0.3, 0.4) is 0 Å². The number of carbonyl (C=O) groups excluding carboxylic acids is 2. The van der Waals surface area contributed by atoms with E-state index in [1.807, 2.05) is 0 Å². The molecule has 1 unspecified atom stereocenters. The molecule has 0 heterocycles. The molecule has 0 bridgehead atoms. The third-order valence-electron chi connectivity index (χ3n) is 1.79. The van der Waals surface area contributed by atoms with E-state index in [4.69, 9.17) is 25.6 Å². The van der Waals surface area contributed by atoms with Crippen LogP contribution in [0.5, 0.6) is 0 Å². The van der Waals surface area contributed by atoms with Gasteiger partial charge in [0, 0.05) is 7.05 Å². The van der Waals surface area contributed by atoms with E-state index in [2.05, 4.69) is 5.32 Å². The van der Waals surface area contributed by atoms with Crippen molar-refractivity contribution in [3.63, 3.8) is 0 Å². The van der Waals surface area contributed by atoms with Gasteiger partial charge in [-0.1, -0.05) is 0 Å². The number of rotatable bonds is 9. The maximum absolute atomic E-state index is 11.8. The van der Waals surface area contributed by atoms with Gasteiger partial charge in [-0.3, -0.25) is 9.59 Å². The monoisotopic (exact) mass is 329 g/mol. The highest BCUT2D eigenvalue weighted by molar-refractivity contribution is 8.68. The van der Waals surface area contributed by atoms with Crippen LogP contribution in [0.25, 0.3) is 0 Å². The Hall–Kier alpha value is -0.140. The molecule has 0 aromatic rings. The van der Waals surface area contributed by atoms with Crippen molar-refractivity contribution >= 4 is 40.8 Å². The first kappa shape index (κ1) is 18.9. The van der Waals surface area contributed by atoms with Gasteiger partial charge in [0.2, 0.25) is 11.6 Å². The van der Waals surface area contributed by atoms with Gasteiger partial charge in [0.25, 0.3) is 0 Å². The quantitative estimate of drug-likeness (QED) is 0.392. The molecular formula is C10H20NO5PS2. The lowest BCUT2D eigenvalue weighted by molar-refractivity contribution is -0.145. The van der Waals surface area contributed by atoms with Crippen LogP contribution in [0, 0.1) is 0 Å². The van der Waals surface area contributed by atoms with Crippen molar-refractivity contribution in [2.45, 2.75) is 26.0 Å². The van der Waals surface area contributed by atoms with Crippen LogP contribution in [-0.2, 0) is 35.2 Å². The molecule has 0 rings (SSSR count). The van der Waals surface area contributed by atoms with Crippen molar-refractivity contribution in [2.24, 2.45) is 0 Å². The van der Waals surface area contributed by atoms with E-state index in [9.17, 15) is 9.59 Å². The smallest absolute Gasteiger partial charge is 0.329 e. The van der Waals surface area contributed by atoms with Crippen LogP contribution in [0.1, 0.15) is 20.8 Å². The van der Waals surface area contributed by atoms with E-state index in [-0.39, 0.29) is 6.61 Å². The predicted molar refractivity (Wildman–Crippen MR) is 79.6 cm³/mol. The van der Waals surface area contributed by atoms with E-state index in [1.165, 1.54) is 7.05 Å². The Morgan fingerprint density at radius 2 is 1.74 bits per heavy atom. The van der Waals surface area contributed by atoms with Gasteiger partial charge in [-0.25, -0.2) is 0 Å². The third-order valence-corrected chi connectivity index (χ3v) is 7.27. The van der Waals surface area contributed by atoms with Gasteiger partial charge in [-0.15, -0.1) is 0 Å². The number of carbonyl (C=O) groups is 2. The second kappa shape index (κ2) is 9.72. The summed E-state index contributed by atoms with van der Waals surface area (Å²) in [6, 6.07) is 0. The summed E-state index contributed by atoms with van der Waals surface area (Å²) in [7, 11) is 1.44. The molecule has 0 aromatic carbocycles. The standard InChI is InChI=1S/C10H20NO5PS2/c1-5-14-10(13)8(9(12)11-4)19-17(18,15-6-2)16-7-3/h8H,5-7H2,1-4H3,(H,11,12). The van der Waals surface area contributed by atoms with Crippen LogP contribution >= 0.6 is 17.1 Å². The topological polar surface area (TPSA) is 73.9 Å². The zero-order chi connectivity index (χ0) is 14.9. The average molecular weight is 329 g/mol. The number of esters is 1. The Morgan fingerprint density at radius 3 is 2.11 bits per heavy atom. The fourth-order valence-corrected chi connectivity index (χ4v) is 6.27. The van der Waals surface area contributed by atoms with Gasteiger partial charge in [-0.2, -0.15) is 0 Å². The Kier molecular flexibility index (Phi) is 9.64. The highest BCUT2D eigenvalue weighted by atomic mass is 32.9. The molecule has 0 aromatic heterocycles. The van der Waals surface area contributed by atoms with Crippen molar-refractivity contribution in [1.82, 2.24) is 5.32 Å². The van der Waals surface area contributed by atoms with Crippen molar-refractivity contribution in [2.75, 3.05) is 26.9 Å². The molecule has 0 aliphatic heterocycles. The molecule has 0 saturated heterocycles. The molecular weight excluding hydrogens is 309 g/mol. The fraction of sp³-hybridized carbons (Fsp3) is 0.800. The highest BCUT2D eigenvalue weighted by Gasteiger charge is 2.35. The van der Waals surface area contributed by atoms with Crippen LogP contribution in [0.15, 0.2) is 0 Å². The van der Waals surface area contributed by atoms with Gasteiger partial charge in [0.15, 0.2) is 5.25 Å². The number of ether oxygens (including phenoxy) is 1. The van der Waals surface area contributed by atoms with Gasteiger partial charge in [0.05, 0.1) is 19.8 Å². The lowest BCUT2D eigenvalue weighted by Gasteiger charge is -2.23. The minimum Gasteiger partial charge on any atom is -0.465 e. The molecule has 19 heavy (non-hydrogen) atoms. The molecule has 1 amide bonds. The molecule has 6 nitrogen and oxygen atoms in total. The van der Waals surface area contributed by atoms with E-state index in [0.29, 0.717) is 13.2 Å². The van der Waals surface area contributed by atoms with Gasteiger partial charge < -0.3 is 19.1 Å². The molecule has 112 valence electrons. The summed E-state index contributed by atoms with van der Waals surface area (Å²) in [4.78, 5) is 23.5. The number of hydrogen-bond donors (Lipinski definition) is 1. The summed E-state index contributed by atoms with van der Waals surface area (Å²) in [5.74, 6) is -1.11. The molecule has 0 saturated carbocycles. The van der Waals surface area contributed by atoms with Crippen molar-refractivity contribution in [1.29, 1.82) is 0 Å². The molecule has 1 N–H and O–H groups in total. The van der Waals surface area contributed by atoms with E-state index < -0.39 is 22.8 Å². The maximum Gasteiger partial charge on any atom is 0.329 e. The fourth-order valence-electron chi connectivity index (χ4n) is 1.09. The van der Waals surface area contributed by atoms with Gasteiger partial charge >= 0.3 is 5.97 Å². The van der Waals surface area contributed by atoms with Crippen LogP contribution in [0.4, 0.5) is 0 Å². The van der Waals surface area contributed by atoms with Gasteiger partial charge in [-0.05, 0) is 44.0 Å². The second-order valence-electron chi connectivity index (χ2n) is 3.13. The number of amides is 1. The number of nitrogens with one attached hydrogen (secondary N) is 1. The van der Waals surface area contributed by atoms with Crippen molar-refractivity contribution in [3.8, 4) is 0 Å². The molecule has 0 spiro atoms. The first-order chi connectivity index (χ1) is 8.94. The SMILES string of the molecule is CCOC(=O)C(SP(=S)(OCC)OCC)C(=O)NC. The molecule has 0 aliphatic carbocycles. The summed E-state index contributed by atoms with van der Waals surface area (Å²) in [5, 5.41) is 1.34. The molecule has 0 aliphatic rings. The van der Waals surface area contributed by atoms with E-state index in [1.54, 1.807) is 20.8 Å². The molecule has 0 fully saturated rings. The first-order valence-corrected chi connectivity index (χ1v) is 10.0. The van der Waals surface area contributed by atoms with Crippen LogP contribution in [-0.4, -0.2) is 44.0 Å². The van der Waals surface area contributed by atoms with Crippen LogP contribution in [0.2, 0.25) is 0 Å². The zero-order valence-corrected chi connectivity index (χ0v) is 14.0. The average Bonchev–Trinajstić information content (AvgIpc) is 2.36. The van der Waals surface area contributed by atoms with Crippen molar-refractivity contribution < 1.29 is 23.4 Å². The Morgan fingerprint density at radius 1 is 1.21 bits per heavy atom. The number of hydrogen-bond acceptors (Lipinski definition) is 7. The summed E-state index contributed by atoms with van der Waals surface area (Å²) >= 11 is 6.21. The third kappa shape index (κ3) is 6.72. The molecule has 0 radical (unpaired) electrons. The maximum atomic E-state index is 11.8. The summed E-state index contributed by atoms with van der Waals surface area (Å²) in [6.45, 7) is 6.13. The van der Waals surface area contributed by atoms with E-state index in [0.717, 1.165) is 11.4 Å². The van der Waals surface area contributed by atoms with E-state index >= 15 is 0 Å². The zero-order valence-electron chi connectivity index (χ0n) is 11.5. The largest absolute Gasteiger partial charge is 0.465 e. The normalized spacial score (nSPS) is 12.8. The van der Waals surface area contributed by atoms with Gasteiger partial charge in [0.1, 0.15) is 0 Å². The van der Waals surface area contributed by atoms with Crippen LogP contribution < -0.4 is 5.32 Å². The molecule has 1 atom stereocenters. The first-order valence-electron chi connectivity index (χ1n) is 5.89. The summed E-state index contributed by atoms with van der Waals surface area (Å²) in [6.07, 6.45) is 0. The molecule has 9 heteroatoms. The second-order valence-corrected chi connectivity index (χ2v) is 9.44. The van der Waals surface area contributed by atoms with Crippen molar-refractivity contribution in [3.05, 3.63) is 0 Å². The highest BCUT2D eigenvalue weighted by Crippen LogP contribution is 2.62. The lowest BCUT2D eigenvalue weighted by atomic mass is 10.4. The Balaban J connectivity index is 5.00. The Bertz CT molecular complexity index is 343.